The highest BCUT2D eigenvalue weighted by atomic mass is 32.1. The van der Waals surface area contributed by atoms with Gasteiger partial charge >= 0.3 is 0 Å². The first-order valence-corrected chi connectivity index (χ1v) is 13.1. The number of thiophene rings is 1. The fraction of sp³-hybridized carbons (Fsp3) is 0.296. The second-order valence-electron chi connectivity index (χ2n) is 9.19. The highest BCUT2D eigenvalue weighted by Crippen LogP contribution is 2.33. The van der Waals surface area contributed by atoms with Crippen molar-refractivity contribution in [2.45, 2.75) is 32.4 Å². The number of anilines is 3. The van der Waals surface area contributed by atoms with Crippen LogP contribution in [0.25, 0.3) is 10.2 Å². The Bertz CT molecular complexity index is 1400. The van der Waals surface area contributed by atoms with E-state index in [1.807, 2.05) is 17.5 Å². The van der Waals surface area contributed by atoms with Crippen molar-refractivity contribution in [3.05, 3.63) is 65.3 Å². The minimum atomic E-state index is -0.284. The number of hydrogen-bond donors (Lipinski definition) is 3. The number of hydrogen-bond acceptors (Lipinski definition) is 8. The number of piperidine rings is 1. The van der Waals surface area contributed by atoms with Crippen molar-refractivity contribution in [2.24, 2.45) is 0 Å². The van der Waals surface area contributed by atoms with Gasteiger partial charge in [-0.2, -0.15) is 4.98 Å². The van der Waals surface area contributed by atoms with Crippen molar-refractivity contribution < 1.29 is 13.9 Å². The van der Waals surface area contributed by atoms with Crippen molar-refractivity contribution in [1.29, 1.82) is 0 Å². The van der Waals surface area contributed by atoms with Gasteiger partial charge in [0.25, 0.3) is 0 Å². The lowest BCUT2D eigenvalue weighted by molar-refractivity contribution is -0.114. The maximum atomic E-state index is 14.9. The normalized spacial score (nSPS) is 14.6. The van der Waals surface area contributed by atoms with Gasteiger partial charge in [-0.1, -0.05) is 12.1 Å². The average Bonchev–Trinajstić information content (AvgIpc) is 3.33. The Balaban J connectivity index is 1.30. The van der Waals surface area contributed by atoms with E-state index in [4.69, 9.17) is 4.74 Å². The molecule has 2 aromatic carbocycles. The number of carbonyl (C=O) groups excluding carboxylic acids is 1. The zero-order chi connectivity index (χ0) is 25.8. The highest BCUT2D eigenvalue weighted by molar-refractivity contribution is 7.17. The Morgan fingerprint density at radius 2 is 1.97 bits per heavy atom. The molecule has 1 amide bonds. The number of nitrogens with one attached hydrogen (secondary N) is 3. The number of carbonyl (C=O) groups is 1. The summed E-state index contributed by atoms with van der Waals surface area (Å²) in [7, 11) is 2.13. The van der Waals surface area contributed by atoms with Crippen LogP contribution >= 0.6 is 11.3 Å². The molecule has 0 bridgehead atoms. The number of ether oxygens (including phenoxy) is 1. The van der Waals surface area contributed by atoms with Gasteiger partial charge in [0.15, 0.2) is 0 Å². The van der Waals surface area contributed by atoms with Crippen LogP contribution in [0.4, 0.5) is 21.7 Å². The van der Waals surface area contributed by atoms with Crippen LogP contribution in [0.2, 0.25) is 0 Å². The lowest BCUT2D eigenvalue weighted by atomic mass is 10.0. The number of fused-ring (bicyclic) bond motifs is 1. The quantitative estimate of drug-likeness (QED) is 0.282. The molecule has 0 aliphatic carbocycles. The van der Waals surface area contributed by atoms with Gasteiger partial charge in [0.2, 0.25) is 17.7 Å². The number of halogens is 1. The van der Waals surface area contributed by atoms with Gasteiger partial charge < -0.3 is 25.6 Å². The Labute approximate surface area is 218 Å². The molecule has 0 unspecified atom stereocenters. The summed E-state index contributed by atoms with van der Waals surface area (Å²) in [4.78, 5) is 22.8. The second-order valence-corrected chi connectivity index (χ2v) is 10.1. The van der Waals surface area contributed by atoms with Crippen LogP contribution < -0.4 is 20.7 Å². The molecule has 37 heavy (non-hydrogen) atoms. The molecule has 0 atom stereocenters. The van der Waals surface area contributed by atoms with E-state index in [0.29, 0.717) is 47.1 Å². The van der Waals surface area contributed by atoms with E-state index in [1.54, 1.807) is 30.3 Å². The van der Waals surface area contributed by atoms with Crippen molar-refractivity contribution in [2.75, 3.05) is 30.8 Å². The molecule has 192 valence electrons. The zero-order valence-corrected chi connectivity index (χ0v) is 21.6. The Kier molecular flexibility index (Phi) is 7.59. The maximum Gasteiger partial charge on any atom is 0.242 e. The Morgan fingerprint density at radius 1 is 1.14 bits per heavy atom. The van der Waals surface area contributed by atoms with E-state index < -0.39 is 0 Å². The molecular weight excluding hydrogens is 491 g/mol. The minimum absolute atomic E-state index is 0.165. The van der Waals surface area contributed by atoms with Crippen LogP contribution in [0, 0.1) is 5.82 Å². The molecule has 1 fully saturated rings. The summed E-state index contributed by atoms with van der Waals surface area (Å²) in [6.07, 6.45) is 2.14. The Morgan fingerprint density at radius 3 is 2.76 bits per heavy atom. The number of rotatable bonds is 8. The predicted octanol–water partition coefficient (Wildman–Crippen LogP) is 5.51. The number of nitrogens with zero attached hydrogens (tertiary/aromatic N) is 3. The summed E-state index contributed by atoms with van der Waals surface area (Å²) in [6.45, 7) is 4.06. The lowest BCUT2D eigenvalue weighted by Gasteiger charge is -2.29. The highest BCUT2D eigenvalue weighted by Gasteiger charge is 2.17. The molecule has 10 heteroatoms. The van der Waals surface area contributed by atoms with Crippen LogP contribution in [0.15, 0.2) is 53.9 Å². The SMILES string of the molecule is CC(=O)Nc1cccc(Oc2nc(Nc3ccc(CNC4CCN(C)CC4)c(F)c3)nc3ccsc23)c1. The largest absolute Gasteiger partial charge is 0.437 e. The average molecular weight is 521 g/mol. The summed E-state index contributed by atoms with van der Waals surface area (Å²) in [5, 5.41) is 11.2. The molecule has 5 rings (SSSR count). The first kappa shape index (κ1) is 25.1. The minimum Gasteiger partial charge on any atom is -0.437 e. The summed E-state index contributed by atoms with van der Waals surface area (Å²) in [5.74, 6) is 0.756. The lowest BCUT2D eigenvalue weighted by Crippen LogP contribution is -2.40. The van der Waals surface area contributed by atoms with Gasteiger partial charge in [0, 0.05) is 42.5 Å². The van der Waals surface area contributed by atoms with Crippen LogP contribution in [0.1, 0.15) is 25.3 Å². The molecule has 1 aliphatic heterocycles. The van der Waals surface area contributed by atoms with E-state index in [1.165, 1.54) is 24.3 Å². The van der Waals surface area contributed by atoms with Crippen molar-refractivity contribution in [3.8, 4) is 11.6 Å². The summed E-state index contributed by atoms with van der Waals surface area (Å²) in [5.41, 5.74) is 2.52. The molecule has 1 aliphatic rings. The van der Waals surface area contributed by atoms with Crippen LogP contribution in [-0.4, -0.2) is 47.0 Å². The second kappa shape index (κ2) is 11.2. The third-order valence-corrected chi connectivity index (χ3v) is 7.14. The van der Waals surface area contributed by atoms with Gasteiger partial charge in [-0.25, -0.2) is 9.37 Å². The van der Waals surface area contributed by atoms with Crippen molar-refractivity contribution in [3.63, 3.8) is 0 Å². The Hall–Kier alpha value is -3.60. The molecule has 3 N–H and O–H groups in total. The summed E-state index contributed by atoms with van der Waals surface area (Å²) in [6, 6.07) is 14.5. The molecule has 0 saturated carbocycles. The van der Waals surface area contributed by atoms with E-state index in [2.05, 4.69) is 37.9 Å². The summed E-state index contributed by atoms with van der Waals surface area (Å²) < 4.78 is 21.7. The molecule has 1 saturated heterocycles. The molecule has 4 aromatic rings. The molecular formula is C27H29FN6O2S. The number of benzene rings is 2. The van der Waals surface area contributed by atoms with Crippen molar-refractivity contribution >= 4 is 44.8 Å². The van der Waals surface area contributed by atoms with Gasteiger partial charge in [-0.15, -0.1) is 11.3 Å². The van der Waals surface area contributed by atoms with E-state index in [-0.39, 0.29) is 11.7 Å². The molecule has 0 radical (unpaired) electrons. The monoisotopic (exact) mass is 520 g/mol. The maximum absolute atomic E-state index is 14.9. The number of amides is 1. The first-order valence-electron chi connectivity index (χ1n) is 12.2. The topological polar surface area (TPSA) is 91.4 Å². The fourth-order valence-corrected chi connectivity index (χ4v) is 5.03. The molecule has 8 nitrogen and oxygen atoms in total. The van der Waals surface area contributed by atoms with Gasteiger partial charge in [-0.3, -0.25) is 4.79 Å². The fourth-order valence-electron chi connectivity index (χ4n) is 4.28. The standard InChI is InChI=1S/C27H29FN6O2S/c1-17(35)30-20-4-3-5-22(14-20)36-26-25-24(10-13-37-25)32-27(33-26)31-21-7-6-18(23(28)15-21)16-29-19-8-11-34(2)12-9-19/h3-7,10,13-15,19,29H,8-9,11-12,16H2,1-2H3,(H,30,35)(H,31,32,33). The third kappa shape index (κ3) is 6.40. The van der Waals surface area contributed by atoms with Gasteiger partial charge in [0.05, 0.1) is 5.52 Å². The smallest absolute Gasteiger partial charge is 0.242 e. The first-order chi connectivity index (χ1) is 17.9. The predicted molar refractivity (Wildman–Crippen MR) is 145 cm³/mol. The van der Waals surface area contributed by atoms with E-state index in [0.717, 1.165) is 36.1 Å². The van der Waals surface area contributed by atoms with E-state index >= 15 is 0 Å². The summed E-state index contributed by atoms with van der Waals surface area (Å²) >= 11 is 1.47. The third-order valence-electron chi connectivity index (χ3n) is 6.25. The van der Waals surface area contributed by atoms with Crippen LogP contribution in [-0.2, 0) is 11.3 Å². The molecule has 2 aromatic heterocycles. The zero-order valence-electron chi connectivity index (χ0n) is 20.8. The van der Waals surface area contributed by atoms with Crippen molar-refractivity contribution in [1.82, 2.24) is 20.2 Å². The van der Waals surface area contributed by atoms with Gasteiger partial charge in [0.1, 0.15) is 16.3 Å². The number of likely N-dealkylation sites (tertiary alicyclic amines) is 1. The van der Waals surface area contributed by atoms with Crippen LogP contribution in [0.5, 0.6) is 11.6 Å². The molecule has 3 heterocycles. The van der Waals surface area contributed by atoms with E-state index in [9.17, 15) is 9.18 Å². The molecule has 0 spiro atoms. The van der Waals surface area contributed by atoms with Crippen LogP contribution in [0.3, 0.4) is 0 Å². The van der Waals surface area contributed by atoms with Gasteiger partial charge in [-0.05, 0) is 68.7 Å². The number of aromatic nitrogens is 2.